The van der Waals surface area contributed by atoms with Crippen molar-refractivity contribution in [2.75, 3.05) is 11.2 Å². The smallest absolute Gasteiger partial charge is 0.177 e. The Kier molecular flexibility index (Phi) is 7.57. The second-order valence-corrected chi connectivity index (χ2v) is 11.2. The number of hydrogen-bond donors (Lipinski definition) is 0. The van der Waals surface area contributed by atoms with E-state index in [1.807, 2.05) is 56.3 Å². The third kappa shape index (κ3) is 5.28. The van der Waals surface area contributed by atoms with E-state index in [9.17, 15) is 8.42 Å². The number of aryl methyl sites for hydroxylation is 1. The SMILES string of the molecule is CC.Cn1ccc2ccc(-c3cc(N(Cc4cccnc4)c4cnccc4S(C)(=O)=O)cc4nccnc34)cc21. The minimum Gasteiger partial charge on any atom is -0.351 e. The molecule has 9 heteroatoms. The molecule has 0 amide bonds. The molecule has 0 aliphatic rings. The van der Waals surface area contributed by atoms with Gasteiger partial charge >= 0.3 is 0 Å². The first-order valence-corrected chi connectivity index (χ1v) is 14.9. The van der Waals surface area contributed by atoms with Crippen molar-refractivity contribution in [3.8, 4) is 11.1 Å². The summed E-state index contributed by atoms with van der Waals surface area (Å²) in [5.74, 6) is 0. The second-order valence-electron chi connectivity index (χ2n) is 9.18. The number of nitrogens with zero attached hydrogens (tertiary/aromatic N) is 6. The fraction of sp³-hybridized carbons (Fsp3) is 0.161. The number of benzene rings is 2. The van der Waals surface area contributed by atoms with E-state index in [1.54, 1.807) is 31.0 Å². The van der Waals surface area contributed by atoms with Crippen LogP contribution in [-0.4, -0.2) is 39.2 Å². The summed E-state index contributed by atoms with van der Waals surface area (Å²) in [5.41, 5.74) is 6.61. The van der Waals surface area contributed by atoms with Crippen LogP contribution in [0.2, 0.25) is 0 Å². The van der Waals surface area contributed by atoms with Crippen molar-refractivity contribution in [1.29, 1.82) is 0 Å². The summed E-state index contributed by atoms with van der Waals surface area (Å²) in [6, 6.07) is 17.7. The third-order valence-corrected chi connectivity index (χ3v) is 7.73. The van der Waals surface area contributed by atoms with Crippen LogP contribution in [0.1, 0.15) is 19.4 Å². The summed E-state index contributed by atoms with van der Waals surface area (Å²) in [4.78, 5) is 19.9. The van der Waals surface area contributed by atoms with Gasteiger partial charge in [0.2, 0.25) is 0 Å². The molecular weight excluding hydrogens is 520 g/mol. The van der Waals surface area contributed by atoms with Gasteiger partial charge in [-0.3, -0.25) is 19.9 Å². The van der Waals surface area contributed by atoms with Gasteiger partial charge in [0.25, 0.3) is 0 Å². The lowest BCUT2D eigenvalue weighted by Gasteiger charge is -2.27. The van der Waals surface area contributed by atoms with Crippen molar-refractivity contribution in [3.63, 3.8) is 0 Å². The minimum atomic E-state index is -3.53. The van der Waals surface area contributed by atoms with Gasteiger partial charge in [0, 0.05) is 73.8 Å². The first-order chi connectivity index (χ1) is 19.4. The Labute approximate surface area is 233 Å². The highest BCUT2D eigenvalue weighted by Gasteiger charge is 2.22. The summed E-state index contributed by atoms with van der Waals surface area (Å²) in [7, 11) is -1.52. The number of anilines is 2. The van der Waals surface area contributed by atoms with E-state index < -0.39 is 9.84 Å². The Morgan fingerprint density at radius 2 is 1.68 bits per heavy atom. The third-order valence-electron chi connectivity index (χ3n) is 6.58. The monoisotopic (exact) mass is 550 g/mol. The highest BCUT2D eigenvalue weighted by Crippen LogP contribution is 2.38. The molecule has 0 radical (unpaired) electrons. The summed E-state index contributed by atoms with van der Waals surface area (Å²) in [6.07, 6.45) is 13.2. The molecule has 0 aliphatic carbocycles. The lowest BCUT2D eigenvalue weighted by molar-refractivity contribution is 0.601. The van der Waals surface area contributed by atoms with Crippen LogP contribution in [0.15, 0.2) is 103 Å². The number of aromatic nitrogens is 5. The molecule has 0 unspecified atom stereocenters. The van der Waals surface area contributed by atoms with Gasteiger partial charge in [0.1, 0.15) is 0 Å². The van der Waals surface area contributed by atoms with Gasteiger partial charge in [-0.1, -0.05) is 32.0 Å². The van der Waals surface area contributed by atoms with Crippen LogP contribution in [0.25, 0.3) is 33.1 Å². The van der Waals surface area contributed by atoms with Crippen LogP contribution in [0, 0.1) is 0 Å². The van der Waals surface area contributed by atoms with Crippen LogP contribution in [0.3, 0.4) is 0 Å². The fourth-order valence-electron chi connectivity index (χ4n) is 4.75. The number of hydrogen-bond acceptors (Lipinski definition) is 7. The van der Waals surface area contributed by atoms with E-state index in [1.165, 1.54) is 18.5 Å². The normalized spacial score (nSPS) is 11.3. The molecule has 0 spiro atoms. The predicted molar refractivity (Wildman–Crippen MR) is 160 cm³/mol. The highest BCUT2D eigenvalue weighted by molar-refractivity contribution is 7.90. The molecule has 0 saturated carbocycles. The molecule has 4 aromatic heterocycles. The predicted octanol–water partition coefficient (Wildman–Crippen LogP) is 6.35. The van der Waals surface area contributed by atoms with Crippen LogP contribution in [0.5, 0.6) is 0 Å². The summed E-state index contributed by atoms with van der Waals surface area (Å²) in [6.45, 7) is 4.38. The minimum absolute atomic E-state index is 0.197. The lowest BCUT2D eigenvalue weighted by atomic mass is 10.0. The molecule has 0 fully saturated rings. The van der Waals surface area contributed by atoms with Gasteiger partial charge in [-0.25, -0.2) is 8.42 Å². The Morgan fingerprint density at radius 1 is 0.875 bits per heavy atom. The van der Waals surface area contributed by atoms with Gasteiger partial charge in [0.05, 0.1) is 27.8 Å². The molecule has 40 heavy (non-hydrogen) atoms. The second kappa shape index (κ2) is 11.2. The maximum absolute atomic E-state index is 12.8. The molecular formula is C31H30N6O2S. The van der Waals surface area contributed by atoms with Crippen molar-refractivity contribution in [3.05, 3.63) is 104 Å². The molecule has 4 heterocycles. The molecule has 0 N–H and O–H groups in total. The number of fused-ring (bicyclic) bond motifs is 2. The zero-order valence-corrected chi connectivity index (χ0v) is 23.7. The maximum Gasteiger partial charge on any atom is 0.177 e. The molecule has 0 saturated heterocycles. The maximum atomic E-state index is 12.8. The van der Waals surface area contributed by atoms with E-state index >= 15 is 0 Å². The standard InChI is InChI=1S/C29H24N6O2S.C2H6/c1-34-13-8-21-5-6-22(14-26(21)34)24-15-23(16-25-29(24)33-12-11-32-25)35(19-20-4-3-9-30-17-20)27-18-31-10-7-28(27)38(2,36)37;1-2/h3-18H,19H2,1-2H3;1-2H3. The van der Waals surface area contributed by atoms with Crippen LogP contribution in [-0.2, 0) is 23.4 Å². The molecule has 6 aromatic rings. The summed E-state index contributed by atoms with van der Waals surface area (Å²) in [5, 5.41) is 1.15. The van der Waals surface area contributed by atoms with Gasteiger partial charge in [-0.2, -0.15) is 0 Å². The quantitative estimate of drug-likeness (QED) is 0.239. The number of pyridine rings is 2. The highest BCUT2D eigenvalue weighted by atomic mass is 32.2. The van der Waals surface area contributed by atoms with Crippen LogP contribution >= 0.6 is 0 Å². The van der Waals surface area contributed by atoms with E-state index in [2.05, 4.69) is 48.8 Å². The van der Waals surface area contributed by atoms with E-state index in [0.29, 0.717) is 17.7 Å². The van der Waals surface area contributed by atoms with Gasteiger partial charge in [0.15, 0.2) is 9.84 Å². The molecule has 202 valence electrons. The average molecular weight is 551 g/mol. The first kappa shape index (κ1) is 27.0. The van der Waals surface area contributed by atoms with Crippen molar-refractivity contribution in [1.82, 2.24) is 24.5 Å². The van der Waals surface area contributed by atoms with Crippen molar-refractivity contribution in [2.24, 2.45) is 7.05 Å². The molecule has 2 aromatic carbocycles. The van der Waals surface area contributed by atoms with Crippen molar-refractivity contribution < 1.29 is 8.42 Å². The van der Waals surface area contributed by atoms with E-state index in [0.717, 1.165) is 38.8 Å². The number of sulfone groups is 1. The topological polar surface area (TPSA) is 93.9 Å². The van der Waals surface area contributed by atoms with Crippen LogP contribution < -0.4 is 4.90 Å². The number of rotatable bonds is 6. The van der Waals surface area contributed by atoms with Crippen molar-refractivity contribution in [2.45, 2.75) is 25.3 Å². The van der Waals surface area contributed by atoms with Gasteiger partial charge in [-0.15, -0.1) is 0 Å². The van der Waals surface area contributed by atoms with Gasteiger partial charge in [-0.05, 0) is 52.9 Å². The van der Waals surface area contributed by atoms with E-state index in [-0.39, 0.29) is 4.90 Å². The Bertz CT molecular complexity index is 1900. The average Bonchev–Trinajstić information content (AvgIpc) is 3.36. The van der Waals surface area contributed by atoms with Gasteiger partial charge < -0.3 is 9.47 Å². The Balaban J connectivity index is 0.00000158. The van der Waals surface area contributed by atoms with E-state index in [4.69, 9.17) is 0 Å². The summed E-state index contributed by atoms with van der Waals surface area (Å²) < 4.78 is 27.6. The Hall–Kier alpha value is -4.63. The molecule has 6 rings (SSSR count). The fourth-order valence-corrected chi connectivity index (χ4v) is 5.60. The molecule has 0 aliphatic heterocycles. The van der Waals surface area contributed by atoms with Crippen molar-refractivity contribution >= 4 is 43.1 Å². The first-order valence-electron chi connectivity index (χ1n) is 13.0. The lowest BCUT2D eigenvalue weighted by Crippen LogP contribution is -2.20. The molecule has 8 nitrogen and oxygen atoms in total. The largest absolute Gasteiger partial charge is 0.351 e. The Morgan fingerprint density at radius 3 is 2.45 bits per heavy atom. The molecule has 0 bridgehead atoms. The summed E-state index contributed by atoms with van der Waals surface area (Å²) >= 11 is 0. The zero-order chi connectivity index (χ0) is 28.3. The zero-order valence-electron chi connectivity index (χ0n) is 22.9. The molecule has 0 atom stereocenters. The van der Waals surface area contributed by atoms with Crippen LogP contribution in [0.4, 0.5) is 11.4 Å².